The molecular formula is C18H21N3. The first kappa shape index (κ1) is 13.7. The van der Waals surface area contributed by atoms with Gasteiger partial charge in [-0.3, -0.25) is 4.99 Å². The molecular weight excluding hydrogens is 258 g/mol. The highest BCUT2D eigenvalue weighted by atomic mass is 15.3. The second-order valence-corrected chi connectivity index (χ2v) is 5.58. The van der Waals surface area contributed by atoms with Crippen molar-refractivity contribution in [2.24, 2.45) is 10.7 Å². The molecule has 0 radical (unpaired) electrons. The van der Waals surface area contributed by atoms with E-state index in [-0.39, 0.29) is 0 Å². The lowest BCUT2D eigenvalue weighted by Crippen LogP contribution is -2.41. The van der Waals surface area contributed by atoms with Gasteiger partial charge in [-0.2, -0.15) is 0 Å². The Morgan fingerprint density at radius 2 is 1.81 bits per heavy atom. The Hall–Kier alpha value is -2.29. The number of rotatable bonds is 4. The number of aryl methyl sites for hydroxylation is 2. The minimum Gasteiger partial charge on any atom is -0.370 e. The maximum Gasteiger partial charge on any atom is 0.196 e. The molecule has 2 aromatic rings. The molecule has 2 N–H and O–H groups in total. The summed E-state index contributed by atoms with van der Waals surface area (Å²) in [6.07, 6.45) is 2.11. The molecule has 3 rings (SSSR count). The van der Waals surface area contributed by atoms with Gasteiger partial charge < -0.3 is 10.6 Å². The van der Waals surface area contributed by atoms with E-state index in [4.69, 9.17) is 5.73 Å². The first-order valence-electron chi connectivity index (χ1n) is 7.44. The smallest absolute Gasteiger partial charge is 0.196 e. The molecule has 0 amide bonds. The highest BCUT2D eigenvalue weighted by Crippen LogP contribution is 2.24. The molecule has 108 valence electrons. The SMILES string of the molecule is Cc1ccc(N2C(N)=NCC2CCc2ccccc2)cc1. The van der Waals surface area contributed by atoms with Crippen molar-refractivity contribution in [3.63, 3.8) is 0 Å². The largest absolute Gasteiger partial charge is 0.370 e. The van der Waals surface area contributed by atoms with E-state index in [0.717, 1.165) is 25.1 Å². The van der Waals surface area contributed by atoms with Crippen molar-refractivity contribution in [3.8, 4) is 0 Å². The maximum atomic E-state index is 6.08. The average Bonchev–Trinajstić information content (AvgIpc) is 2.88. The fourth-order valence-corrected chi connectivity index (χ4v) is 2.79. The van der Waals surface area contributed by atoms with Gasteiger partial charge in [0.1, 0.15) is 0 Å². The van der Waals surface area contributed by atoms with Gasteiger partial charge >= 0.3 is 0 Å². The number of guanidine groups is 1. The van der Waals surface area contributed by atoms with Gasteiger partial charge in [0.05, 0.1) is 12.6 Å². The first-order chi connectivity index (χ1) is 10.2. The van der Waals surface area contributed by atoms with Crippen molar-refractivity contribution in [2.45, 2.75) is 25.8 Å². The van der Waals surface area contributed by atoms with Crippen LogP contribution in [0.3, 0.4) is 0 Å². The van der Waals surface area contributed by atoms with E-state index < -0.39 is 0 Å². The van der Waals surface area contributed by atoms with E-state index >= 15 is 0 Å². The third-order valence-corrected chi connectivity index (χ3v) is 4.00. The zero-order chi connectivity index (χ0) is 14.7. The van der Waals surface area contributed by atoms with E-state index in [1.54, 1.807) is 0 Å². The van der Waals surface area contributed by atoms with Gasteiger partial charge in [-0.25, -0.2) is 0 Å². The van der Waals surface area contributed by atoms with Gasteiger partial charge in [0, 0.05) is 5.69 Å². The van der Waals surface area contributed by atoms with E-state index in [9.17, 15) is 0 Å². The van der Waals surface area contributed by atoms with Crippen LogP contribution in [0.15, 0.2) is 59.6 Å². The molecule has 3 heteroatoms. The number of nitrogens with zero attached hydrogens (tertiary/aromatic N) is 2. The minimum atomic E-state index is 0.355. The van der Waals surface area contributed by atoms with Crippen LogP contribution in [0.25, 0.3) is 0 Å². The van der Waals surface area contributed by atoms with Gasteiger partial charge in [-0.15, -0.1) is 0 Å². The Balaban J connectivity index is 1.72. The molecule has 1 unspecified atom stereocenters. The van der Waals surface area contributed by atoms with Crippen LogP contribution >= 0.6 is 0 Å². The summed E-state index contributed by atoms with van der Waals surface area (Å²) >= 11 is 0. The molecule has 1 aliphatic heterocycles. The number of aliphatic imine (C=N–C) groups is 1. The van der Waals surface area contributed by atoms with Crippen LogP contribution in [-0.2, 0) is 6.42 Å². The zero-order valence-corrected chi connectivity index (χ0v) is 12.4. The first-order valence-corrected chi connectivity index (χ1v) is 7.44. The molecule has 1 aliphatic rings. The summed E-state index contributed by atoms with van der Waals surface area (Å²) in [6.45, 7) is 2.88. The van der Waals surface area contributed by atoms with Crippen molar-refractivity contribution in [1.82, 2.24) is 0 Å². The average molecular weight is 279 g/mol. The lowest BCUT2D eigenvalue weighted by molar-refractivity contribution is 0.643. The van der Waals surface area contributed by atoms with Gasteiger partial charge in [0.15, 0.2) is 5.96 Å². The highest BCUT2D eigenvalue weighted by molar-refractivity contribution is 5.97. The molecule has 2 aromatic carbocycles. The number of anilines is 1. The topological polar surface area (TPSA) is 41.6 Å². The summed E-state index contributed by atoms with van der Waals surface area (Å²) in [5, 5.41) is 0. The summed E-state index contributed by atoms with van der Waals surface area (Å²) in [6, 6.07) is 19.4. The molecule has 0 bridgehead atoms. The summed E-state index contributed by atoms with van der Waals surface area (Å²) in [4.78, 5) is 6.60. The van der Waals surface area contributed by atoms with Gasteiger partial charge in [0.25, 0.3) is 0 Å². The molecule has 0 saturated carbocycles. The van der Waals surface area contributed by atoms with Crippen molar-refractivity contribution < 1.29 is 0 Å². The predicted octanol–water partition coefficient (Wildman–Crippen LogP) is 3.13. The molecule has 0 fully saturated rings. The zero-order valence-electron chi connectivity index (χ0n) is 12.4. The molecule has 0 aromatic heterocycles. The Bertz CT molecular complexity index is 617. The van der Waals surface area contributed by atoms with E-state index in [0.29, 0.717) is 12.0 Å². The monoisotopic (exact) mass is 279 g/mol. The lowest BCUT2D eigenvalue weighted by atomic mass is 10.0. The Kier molecular flexibility index (Phi) is 3.91. The second kappa shape index (κ2) is 6.00. The van der Waals surface area contributed by atoms with Crippen LogP contribution in [-0.4, -0.2) is 18.5 Å². The molecule has 1 atom stereocenters. The Morgan fingerprint density at radius 1 is 1.10 bits per heavy atom. The fraction of sp³-hybridized carbons (Fsp3) is 0.278. The molecule has 0 spiro atoms. The Morgan fingerprint density at radius 3 is 2.52 bits per heavy atom. The second-order valence-electron chi connectivity index (χ2n) is 5.58. The highest BCUT2D eigenvalue weighted by Gasteiger charge is 2.26. The van der Waals surface area contributed by atoms with Crippen molar-refractivity contribution in [3.05, 3.63) is 65.7 Å². The molecule has 1 heterocycles. The van der Waals surface area contributed by atoms with E-state index in [1.807, 2.05) is 0 Å². The fourth-order valence-electron chi connectivity index (χ4n) is 2.79. The summed E-state index contributed by atoms with van der Waals surface area (Å²) in [7, 11) is 0. The van der Waals surface area contributed by atoms with Crippen LogP contribution in [0.1, 0.15) is 17.5 Å². The van der Waals surface area contributed by atoms with Crippen molar-refractivity contribution >= 4 is 11.6 Å². The minimum absolute atomic E-state index is 0.355. The van der Waals surface area contributed by atoms with Crippen LogP contribution < -0.4 is 10.6 Å². The van der Waals surface area contributed by atoms with Gasteiger partial charge in [-0.1, -0.05) is 48.0 Å². The van der Waals surface area contributed by atoms with Crippen LogP contribution in [0.4, 0.5) is 5.69 Å². The van der Waals surface area contributed by atoms with Crippen LogP contribution in [0.2, 0.25) is 0 Å². The van der Waals surface area contributed by atoms with Crippen molar-refractivity contribution in [1.29, 1.82) is 0 Å². The summed E-state index contributed by atoms with van der Waals surface area (Å²) in [5.41, 5.74) is 9.85. The molecule has 0 aliphatic carbocycles. The number of nitrogens with two attached hydrogens (primary N) is 1. The quantitative estimate of drug-likeness (QED) is 0.934. The molecule has 3 nitrogen and oxygen atoms in total. The van der Waals surface area contributed by atoms with E-state index in [2.05, 4.69) is 71.4 Å². The van der Waals surface area contributed by atoms with E-state index in [1.165, 1.54) is 11.1 Å². The maximum absolute atomic E-state index is 6.08. The number of benzene rings is 2. The molecule has 21 heavy (non-hydrogen) atoms. The standard InChI is InChI=1S/C18H21N3/c1-14-7-10-16(11-8-14)21-17(13-20-18(21)19)12-9-15-5-3-2-4-6-15/h2-8,10-11,17H,9,12-13H2,1H3,(H2,19,20). The predicted molar refractivity (Wildman–Crippen MR) is 88.7 cm³/mol. The lowest BCUT2D eigenvalue weighted by Gasteiger charge is -2.26. The summed E-state index contributed by atoms with van der Waals surface area (Å²) in [5.74, 6) is 0.636. The van der Waals surface area contributed by atoms with Crippen LogP contribution in [0, 0.1) is 6.92 Å². The molecule has 0 saturated heterocycles. The third kappa shape index (κ3) is 3.07. The number of hydrogen-bond acceptors (Lipinski definition) is 3. The third-order valence-electron chi connectivity index (χ3n) is 4.00. The number of hydrogen-bond donors (Lipinski definition) is 1. The summed E-state index contributed by atoms with van der Waals surface area (Å²) < 4.78 is 0. The van der Waals surface area contributed by atoms with Crippen molar-refractivity contribution in [2.75, 3.05) is 11.4 Å². The van der Waals surface area contributed by atoms with Gasteiger partial charge in [-0.05, 0) is 37.5 Å². The Labute approximate surface area is 126 Å². The van der Waals surface area contributed by atoms with Gasteiger partial charge in [0.2, 0.25) is 0 Å². The normalized spacial score (nSPS) is 17.9. The van der Waals surface area contributed by atoms with Crippen LogP contribution in [0.5, 0.6) is 0 Å².